The van der Waals surface area contributed by atoms with Gasteiger partial charge in [-0.05, 0) is 44.2 Å². The molecule has 150 valence electrons. The fourth-order valence-electron chi connectivity index (χ4n) is 2.34. The van der Waals surface area contributed by atoms with Crippen molar-refractivity contribution in [3.8, 4) is 11.5 Å². The van der Waals surface area contributed by atoms with E-state index in [1.807, 2.05) is 13.8 Å². The van der Waals surface area contributed by atoms with Gasteiger partial charge in [-0.25, -0.2) is 9.18 Å². The summed E-state index contributed by atoms with van der Waals surface area (Å²) in [6.07, 6.45) is -0.124. The van der Waals surface area contributed by atoms with Gasteiger partial charge in [0, 0.05) is 24.7 Å². The number of carbonyl (C=O) groups is 2. The van der Waals surface area contributed by atoms with Crippen molar-refractivity contribution in [1.29, 1.82) is 0 Å². The van der Waals surface area contributed by atoms with Gasteiger partial charge in [-0.15, -0.1) is 0 Å². The first-order valence-corrected chi connectivity index (χ1v) is 8.82. The van der Waals surface area contributed by atoms with Crippen molar-refractivity contribution in [2.45, 2.75) is 20.0 Å². The molecule has 3 N–H and O–H groups in total. The lowest BCUT2D eigenvalue weighted by molar-refractivity contribution is 0.0953. The quantitative estimate of drug-likeness (QED) is 0.605. The smallest absolute Gasteiger partial charge is 0.319 e. The molecule has 0 aliphatic carbocycles. The summed E-state index contributed by atoms with van der Waals surface area (Å²) in [5, 5.41) is 7.83. The van der Waals surface area contributed by atoms with Crippen LogP contribution in [0.4, 0.5) is 14.9 Å². The van der Waals surface area contributed by atoms with E-state index in [-0.39, 0.29) is 30.8 Å². The Morgan fingerprint density at radius 3 is 2.54 bits per heavy atom. The average molecular weight is 389 g/mol. The lowest BCUT2D eigenvalue weighted by Gasteiger charge is -2.15. The molecule has 0 aliphatic heterocycles. The SMILES string of the molecule is COc1cccc(C(=O)NCCNC(=O)Nc2cc(F)ccc2OC(C)C)c1. The summed E-state index contributed by atoms with van der Waals surface area (Å²) in [5.74, 6) is 0.188. The highest BCUT2D eigenvalue weighted by Gasteiger charge is 2.11. The summed E-state index contributed by atoms with van der Waals surface area (Å²) in [6.45, 7) is 4.08. The number of urea groups is 1. The molecule has 0 aliphatic rings. The Labute approximate surface area is 163 Å². The third kappa shape index (κ3) is 6.46. The average Bonchev–Trinajstić information content (AvgIpc) is 2.67. The number of hydrogen-bond donors (Lipinski definition) is 3. The van der Waals surface area contributed by atoms with Crippen LogP contribution in [0, 0.1) is 5.82 Å². The molecule has 3 amide bonds. The Morgan fingerprint density at radius 2 is 1.82 bits per heavy atom. The minimum absolute atomic E-state index is 0.124. The predicted octanol–water partition coefficient (Wildman–Crippen LogP) is 3.17. The van der Waals surface area contributed by atoms with Gasteiger partial charge in [0.15, 0.2) is 0 Å². The Kier molecular flexibility index (Phi) is 7.62. The molecular formula is C20H24FN3O4. The third-order valence-electron chi connectivity index (χ3n) is 3.58. The summed E-state index contributed by atoms with van der Waals surface area (Å²) < 4.78 is 24.1. The number of nitrogens with one attached hydrogen (secondary N) is 3. The summed E-state index contributed by atoms with van der Waals surface area (Å²) in [6, 6.07) is 10.1. The molecule has 2 rings (SSSR count). The van der Waals surface area contributed by atoms with Crippen molar-refractivity contribution in [2.75, 3.05) is 25.5 Å². The van der Waals surface area contributed by atoms with Gasteiger partial charge in [-0.1, -0.05) is 6.07 Å². The highest BCUT2D eigenvalue weighted by Crippen LogP contribution is 2.26. The number of halogens is 1. The van der Waals surface area contributed by atoms with Crippen LogP contribution < -0.4 is 25.4 Å². The minimum Gasteiger partial charge on any atom is -0.497 e. The Balaban J connectivity index is 1.81. The molecule has 0 radical (unpaired) electrons. The van der Waals surface area contributed by atoms with Gasteiger partial charge in [-0.2, -0.15) is 0 Å². The highest BCUT2D eigenvalue weighted by molar-refractivity contribution is 5.94. The van der Waals surface area contributed by atoms with E-state index in [0.717, 1.165) is 0 Å². The minimum atomic E-state index is -0.533. The molecule has 0 heterocycles. The number of methoxy groups -OCH3 is 1. The van der Waals surface area contributed by atoms with Crippen LogP contribution in [0.15, 0.2) is 42.5 Å². The van der Waals surface area contributed by atoms with E-state index in [1.165, 1.54) is 25.3 Å². The topological polar surface area (TPSA) is 88.7 Å². The van der Waals surface area contributed by atoms with E-state index in [0.29, 0.717) is 17.1 Å². The number of amides is 3. The molecule has 7 nitrogen and oxygen atoms in total. The first-order valence-electron chi connectivity index (χ1n) is 8.82. The number of hydrogen-bond acceptors (Lipinski definition) is 4. The van der Waals surface area contributed by atoms with Crippen molar-refractivity contribution in [1.82, 2.24) is 10.6 Å². The fourth-order valence-corrected chi connectivity index (χ4v) is 2.34. The van der Waals surface area contributed by atoms with Crippen LogP contribution in [-0.4, -0.2) is 38.2 Å². The van der Waals surface area contributed by atoms with E-state index in [1.54, 1.807) is 24.3 Å². The van der Waals surface area contributed by atoms with E-state index >= 15 is 0 Å². The lowest BCUT2D eigenvalue weighted by atomic mass is 10.2. The van der Waals surface area contributed by atoms with Gasteiger partial charge in [0.25, 0.3) is 5.91 Å². The number of ether oxygens (including phenoxy) is 2. The van der Waals surface area contributed by atoms with Gasteiger partial charge in [0.1, 0.15) is 17.3 Å². The highest BCUT2D eigenvalue weighted by atomic mass is 19.1. The summed E-state index contributed by atoms with van der Waals surface area (Å²) in [5.41, 5.74) is 0.686. The molecule has 0 fully saturated rings. The van der Waals surface area contributed by atoms with E-state index < -0.39 is 11.8 Å². The van der Waals surface area contributed by atoms with Gasteiger partial charge in [0.05, 0.1) is 18.9 Å². The lowest BCUT2D eigenvalue weighted by Crippen LogP contribution is -2.36. The molecule has 0 unspecified atom stereocenters. The zero-order valence-corrected chi connectivity index (χ0v) is 16.0. The van der Waals surface area contributed by atoms with Crippen LogP contribution in [0.5, 0.6) is 11.5 Å². The van der Waals surface area contributed by atoms with Gasteiger partial charge in [-0.3, -0.25) is 4.79 Å². The monoisotopic (exact) mass is 389 g/mol. The molecule has 8 heteroatoms. The van der Waals surface area contributed by atoms with Crippen molar-refractivity contribution >= 4 is 17.6 Å². The summed E-state index contributed by atoms with van der Waals surface area (Å²) >= 11 is 0. The first kappa shape index (κ1) is 21.0. The Morgan fingerprint density at radius 1 is 1.07 bits per heavy atom. The largest absolute Gasteiger partial charge is 0.497 e. The van der Waals surface area contributed by atoms with Gasteiger partial charge < -0.3 is 25.4 Å². The third-order valence-corrected chi connectivity index (χ3v) is 3.58. The maximum absolute atomic E-state index is 13.5. The second-order valence-electron chi connectivity index (χ2n) is 6.18. The van der Waals surface area contributed by atoms with Crippen LogP contribution in [-0.2, 0) is 0 Å². The normalized spacial score (nSPS) is 10.3. The first-order chi connectivity index (χ1) is 13.4. The fraction of sp³-hybridized carbons (Fsp3) is 0.300. The number of anilines is 1. The molecule has 0 spiro atoms. The molecule has 28 heavy (non-hydrogen) atoms. The molecule has 2 aromatic carbocycles. The van der Waals surface area contributed by atoms with Gasteiger partial charge >= 0.3 is 6.03 Å². The number of carbonyl (C=O) groups excluding carboxylic acids is 2. The van der Waals surface area contributed by atoms with Crippen molar-refractivity contribution in [2.24, 2.45) is 0 Å². The maximum atomic E-state index is 13.5. The van der Waals surface area contributed by atoms with Gasteiger partial charge in [0.2, 0.25) is 0 Å². The molecule has 2 aromatic rings. The number of benzene rings is 2. The van der Waals surface area contributed by atoms with Crippen LogP contribution in [0.1, 0.15) is 24.2 Å². The van der Waals surface area contributed by atoms with Crippen LogP contribution in [0.25, 0.3) is 0 Å². The molecular weight excluding hydrogens is 365 g/mol. The van der Waals surface area contributed by atoms with Crippen molar-refractivity contribution in [3.05, 3.63) is 53.8 Å². The zero-order chi connectivity index (χ0) is 20.5. The van der Waals surface area contributed by atoms with Crippen molar-refractivity contribution in [3.63, 3.8) is 0 Å². The van der Waals surface area contributed by atoms with E-state index in [4.69, 9.17) is 9.47 Å². The van der Waals surface area contributed by atoms with Crippen LogP contribution in [0.3, 0.4) is 0 Å². The van der Waals surface area contributed by atoms with E-state index in [2.05, 4.69) is 16.0 Å². The second kappa shape index (κ2) is 10.1. The molecule has 0 atom stereocenters. The zero-order valence-electron chi connectivity index (χ0n) is 16.0. The Bertz CT molecular complexity index is 827. The van der Waals surface area contributed by atoms with Crippen molar-refractivity contribution < 1.29 is 23.5 Å². The molecule has 0 saturated heterocycles. The van der Waals surface area contributed by atoms with E-state index in [9.17, 15) is 14.0 Å². The Hall–Kier alpha value is -3.29. The summed E-state index contributed by atoms with van der Waals surface area (Å²) in [4.78, 5) is 24.1. The van der Waals surface area contributed by atoms with Crippen LogP contribution in [0.2, 0.25) is 0 Å². The maximum Gasteiger partial charge on any atom is 0.319 e. The molecule has 0 saturated carbocycles. The predicted molar refractivity (Wildman–Crippen MR) is 105 cm³/mol. The summed E-state index contributed by atoms with van der Waals surface area (Å²) in [7, 11) is 1.52. The number of rotatable bonds is 8. The molecule has 0 bridgehead atoms. The standard InChI is InChI=1S/C20H24FN3O4/c1-13(2)28-18-8-7-15(21)12-17(18)24-20(26)23-10-9-22-19(25)14-5-4-6-16(11-14)27-3/h4-8,11-13H,9-10H2,1-3H3,(H,22,25)(H2,23,24,26). The van der Waals surface area contributed by atoms with Crippen LogP contribution >= 0.6 is 0 Å². The second-order valence-corrected chi connectivity index (χ2v) is 6.18. The molecule has 0 aromatic heterocycles.